The first-order chi connectivity index (χ1) is 14.0. The number of hydrogen-bond acceptors (Lipinski definition) is 4. The fourth-order valence-corrected chi connectivity index (χ4v) is 3.61. The van der Waals surface area contributed by atoms with Gasteiger partial charge in [-0.15, -0.1) is 0 Å². The second-order valence-electron chi connectivity index (χ2n) is 7.15. The van der Waals surface area contributed by atoms with Crippen molar-refractivity contribution in [2.75, 3.05) is 19.7 Å². The van der Waals surface area contributed by atoms with Gasteiger partial charge < -0.3 is 19.3 Å². The highest BCUT2D eigenvalue weighted by Gasteiger charge is 2.35. The maximum Gasteiger partial charge on any atom is 0.341 e. The summed E-state index contributed by atoms with van der Waals surface area (Å²) < 4.78 is 7.32. The molecule has 7 heteroatoms. The third-order valence-corrected chi connectivity index (χ3v) is 5.18. The summed E-state index contributed by atoms with van der Waals surface area (Å²) in [5.41, 5.74) is 0.0867. The van der Waals surface area contributed by atoms with E-state index in [1.54, 1.807) is 9.47 Å². The molecule has 1 unspecified atom stereocenters. The number of amides is 1. The van der Waals surface area contributed by atoms with E-state index in [-0.39, 0.29) is 35.6 Å². The van der Waals surface area contributed by atoms with Gasteiger partial charge in [-0.25, -0.2) is 4.79 Å². The first kappa shape index (κ1) is 20.6. The lowest BCUT2D eigenvalue weighted by molar-refractivity contribution is 0.0650. The van der Waals surface area contributed by atoms with Gasteiger partial charge in [0.2, 0.25) is 5.43 Å². The Bertz CT molecular complexity index is 952. The Morgan fingerprint density at radius 1 is 1.21 bits per heavy atom. The van der Waals surface area contributed by atoms with Gasteiger partial charge in [-0.3, -0.25) is 9.59 Å². The summed E-state index contributed by atoms with van der Waals surface area (Å²) in [4.78, 5) is 39.2. The van der Waals surface area contributed by atoms with Crippen molar-refractivity contribution in [2.45, 2.75) is 39.2 Å². The predicted octanol–water partition coefficient (Wildman–Crippen LogP) is 2.98. The van der Waals surface area contributed by atoms with Crippen LogP contribution in [0, 0.1) is 0 Å². The number of carbonyl (C=O) groups is 2. The summed E-state index contributed by atoms with van der Waals surface area (Å²) in [6.45, 7) is 5.05. The number of nitrogens with zero attached hydrogens (tertiary/aromatic N) is 2. The van der Waals surface area contributed by atoms with Crippen LogP contribution in [0.15, 0.2) is 41.3 Å². The van der Waals surface area contributed by atoms with Crippen LogP contribution >= 0.6 is 0 Å². The number of carboxylic acid groups (broad SMARTS) is 1. The highest BCUT2D eigenvalue weighted by Crippen LogP contribution is 2.29. The number of rotatable bonds is 8. The maximum atomic E-state index is 13.1. The summed E-state index contributed by atoms with van der Waals surface area (Å²) in [5, 5.41) is 9.54. The molecule has 29 heavy (non-hydrogen) atoms. The van der Waals surface area contributed by atoms with Crippen LogP contribution in [0.5, 0.6) is 5.75 Å². The molecule has 0 spiro atoms. The summed E-state index contributed by atoms with van der Waals surface area (Å²) in [6, 6.07) is 9.60. The number of pyridine rings is 1. The molecule has 1 atom stereocenters. The van der Waals surface area contributed by atoms with Crippen LogP contribution in [0.4, 0.5) is 0 Å². The molecular formula is C22H26N2O5. The van der Waals surface area contributed by atoms with Gasteiger partial charge in [0.15, 0.2) is 11.4 Å². The molecule has 2 aromatic rings. The Labute approximate surface area is 169 Å². The Morgan fingerprint density at radius 2 is 1.93 bits per heavy atom. The van der Waals surface area contributed by atoms with Crippen molar-refractivity contribution in [2.24, 2.45) is 0 Å². The number of unbranched alkanes of at least 4 members (excludes halogenated alkanes) is 1. The van der Waals surface area contributed by atoms with Gasteiger partial charge in [0, 0.05) is 19.3 Å². The minimum atomic E-state index is -1.32. The van der Waals surface area contributed by atoms with E-state index < -0.39 is 11.4 Å². The molecular weight excluding hydrogens is 372 g/mol. The van der Waals surface area contributed by atoms with Gasteiger partial charge in [-0.2, -0.15) is 0 Å². The van der Waals surface area contributed by atoms with E-state index >= 15 is 0 Å². The lowest BCUT2D eigenvalue weighted by Crippen LogP contribution is -2.45. The van der Waals surface area contributed by atoms with E-state index in [0.29, 0.717) is 25.9 Å². The third kappa shape index (κ3) is 4.18. The van der Waals surface area contributed by atoms with Crippen LogP contribution < -0.4 is 10.2 Å². The zero-order valence-corrected chi connectivity index (χ0v) is 16.8. The minimum absolute atomic E-state index is 0.144. The molecule has 0 saturated heterocycles. The van der Waals surface area contributed by atoms with Crippen molar-refractivity contribution in [3.05, 3.63) is 63.6 Å². The third-order valence-electron chi connectivity index (χ3n) is 5.18. The Kier molecular flexibility index (Phi) is 6.36. The molecule has 0 radical (unpaired) electrons. The lowest BCUT2D eigenvalue weighted by Gasteiger charge is -2.36. The number of fused-ring (bicyclic) bond motifs is 1. The van der Waals surface area contributed by atoms with Crippen molar-refractivity contribution in [1.29, 1.82) is 0 Å². The number of carbonyl (C=O) groups excluding carboxylic acids is 1. The van der Waals surface area contributed by atoms with Crippen LogP contribution in [0.25, 0.3) is 0 Å². The maximum absolute atomic E-state index is 13.1. The molecule has 1 aliphatic heterocycles. The molecule has 1 aromatic heterocycles. The fourth-order valence-electron chi connectivity index (χ4n) is 3.61. The van der Waals surface area contributed by atoms with Crippen LogP contribution in [-0.2, 0) is 6.42 Å². The number of ether oxygens (including phenoxy) is 1. The number of aromatic carboxylic acids is 1. The normalized spacial score (nSPS) is 15.9. The molecule has 1 aliphatic rings. The van der Waals surface area contributed by atoms with Gasteiger partial charge in [0.1, 0.15) is 5.56 Å². The van der Waals surface area contributed by atoms with Crippen LogP contribution in [0.3, 0.4) is 0 Å². The minimum Gasteiger partial charge on any atom is -0.487 e. The zero-order valence-electron chi connectivity index (χ0n) is 16.8. The highest BCUT2D eigenvalue weighted by molar-refractivity contribution is 5.97. The quantitative estimate of drug-likeness (QED) is 0.691. The number of likely N-dealkylation sites (N-methyl/N-ethyl adjacent to an activating group) is 1. The molecule has 1 amide bonds. The van der Waals surface area contributed by atoms with Gasteiger partial charge in [-0.05, 0) is 25.3 Å². The summed E-state index contributed by atoms with van der Waals surface area (Å²) in [5.74, 6) is -1.79. The number of carboxylic acids is 1. The van der Waals surface area contributed by atoms with Gasteiger partial charge in [0.25, 0.3) is 5.91 Å². The molecule has 0 bridgehead atoms. The second kappa shape index (κ2) is 8.94. The predicted molar refractivity (Wildman–Crippen MR) is 109 cm³/mol. The molecule has 3 rings (SSSR count). The summed E-state index contributed by atoms with van der Waals surface area (Å²) >= 11 is 0. The topological polar surface area (TPSA) is 88.8 Å². The second-order valence-corrected chi connectivity index (χ2v) is 7.15. The number of hydrogen-bond donors (Lipinski definition) is 1. The van der Waals surface area contributed by atoms with E-state index in [9.17, 15) is 19.5 Å². The standard InChI is InChI=1S/C22H26N2O5/c1-3-5-11-29-20-18-21(26)23(4-2)13-16(12-15-9-7-6-8-10-15)24(18)14-17(19(20)25)22(27)28/h6-10,14,16H,3-5,11-13H2,1-2H3,(H,27,28). The molecule has 1 N–H and O–H groups in total. The smallest absolute Gasteiger partial charge is 0.341 e. The van der Waals surface area contributed by atoms with Crippen LogP contribution in [0.2, 0.25) is 0 Å². The largest absolute Gasteiger partial charge is 0.487 e. The highest BCUT2D eigenvalue weighted by atomic mass is 16.5. The van der Waals surface area contributed by atoms with Gasteiger partial charge >= 0.3 is 5.97 Å². The molecule has 0 aliphatic carbocycles. The monoisotopic (exact) mass is 398 g/mol. The van der Waals surface area contributed by atoms with E-state index in [4.69, 9.17) is 4.74 Å². The van der Waals surface area contributed by atoms with E-state index in [1.807, 2.05) is 44.2 Å². The molecule has 0 saturated carbocycles. The Balaban J connectivity index is 2.15. The summed E-state index contributed by atoms with van der Waals surface area (Å²) in [6.07, 6.45) is 3.46. The van der Waals surface area contributed by atoms with Crippen LogP contribution in [-0.4, -0.2) is 46.1 Å². The molecule has 1 aromatic carbocycles. The van der Waals surface area contributed by atoms with E-state index in [0.717, 1.165) is 12.0 Å². The SMILES string of the molecule is CCCCOc1c2n(cc(C(=O)O)c1=O)C(Cc1ccccc1)CN(CC)C2=O. The van der Waals surface area contributed by atoms with Crippen molar-refractivity contribution in [1.82, 2.24) is 9.47 Å². The average molecular weight is 398 g/mol. The fraction of sp³-hybridized carbons (Fsp3) is 0.409. The van der Waals surface area contributed by atoms with E-state index in [2.05, 4.69) is 0 Å². The number of aromatic nitrogens is 1. The van der Waals surface area contributed by atoms with Crippen molar-refractivity contribution in [3.63, 3.8) is 0 Å². The lowest BCUT2D eigenvalue weighted by atomic mass is 10.0. The van der Waals surface area contributed by atoms with Crippen molar-refractivity contribution < 1.29 is 19.4 Å². The first-order valence-corrected chi connectivity index (χ1v) is 9.96. The molecule has 0 fully saturated rings. The molecule has 7 nitrogen and oxygen atoms in total. The Hall–Kier alpha value is -3.09. The van der Waals surface area contributed by atoms with Crippen molar-refractivity contribution in [3.8, 4) is 5.75 Å². The Morgan fingerprint density at radius 3 is 2.55 bits per heavy atom. The summed E-state index contributed by atoms with van der Waals surface area (Å²) in [7, 11) is 0. The zero-order chi connectivity index (χ0) is 21.0. The van der Waals surface area contributed by atoms with Gasteiger partial charge in [-0.1, -0.05) is 43.7 Å². The van der Waals surface area contributed by atoms with E-state index in [1.165, 1.54) is 6.20 Å². The van der Waals surface area contributed by atoms with Gasteiger partial charge in [0.05, 0.1) is 12.6 Å². The molecule has 2 heterocycles. The average Bonchev–Trinajstić information content (AvgIpc) is 2.71. The molecule has 154 valence electrons. The first-order valence-electron chi connectivity index (χ1n) is 9.96. The van der Waals surface area contributed by atoms with Crippen molar-refractivity contribution >= 4 is 11.9 Å². The number of benzene rings is 1. The van der Waals surface area contributed by atoms with Crippen LogP contribution in [0.1, 0.15) is 59.1 Å².